The quantitative estimate of drug-likeness (QED) is 0.762. The van der Waals surface area contributed by atoms with Crippen LogP contribution in [0.15, 0.2) is 0 Å². The van der Waals surface area contributed by atoms with Gasteiger partial charge >= 0.3 is 0 Å². The van der Waals surface area contributed by atoms with Gasteiger partial charge in [-0.05, 0) is 12.8 Å². The average Bonchev–Trinajstić information content (AvgIpc) is 3.15. The number of amides is 1. The zero-order valence-electron chi connectivity index (χ0n) is 10.5. The van der Waals surface area contributed by atoms with Crippen LogP contribution in [0, 0.1) is 0 Å². The third-order valence-corrected chi connectivity index (χ3v) is 4.39. The minimum absolute atomic E-state index is 0.296. The van der Waals surface area contributed by atoms with Crippen LogP contribution in [-0.2, 0) is 9.53 Å². The van der Waals surface area contributed by atoms with Crippen molar-refractivity contribution in [1.29, 1.82) is 0 Å². The van der Waals surface area contributed by atoms with Gasteiger partial charge in [-0.2, -0.15) is 11.8 Å². The Morgan fingerprint density at radius 2 is 2.35 bits per heavy atom. The van der Waals surface area contributed by atoms with Gasteiger partial charge in [0, 0.05) is 50.2 Å². The zero-order valence-corrected chi connectivity index (χ0v) is 11.3. The second-order valence-corrected chi connectivity index (χ2v) is 5.89. The third-order valence-electron chi connectivity index (χ3n) is 3.26. The van der Waals surface area contributed by atoms with Gasteiger partial charge in [0.15, 0.2) is 0 Å². The summed E-state index contributed by atoms with van der Waals surface area (Å²) in [5.41, 5.74) is 0. The lowest BCUT2D eigenvalue weighted by Crippen LogP contribution is -2.44. The Kier molecular flexibility index (Phi) is 5.13. The zero-order chi connectivity index (χ0) is 12.1. The van der Waals surface area contributed by atoms with Gasteiger partial charge < -0.3 is 15.0 Å². The number of carbonyl (C=O) groups is 1. The lowest BCUT2D eigenvalue weighted by atomic mass is 10.2. The van der Waals surface area contributed by atoms with Crippen molar-refractivity contribution in [3.63, 3.8) is 0 Å². The van der Waals surface area contributed by atoms with E-state index in [0.29, 0.717) is 31.0 Å². The largest absolute Gasteiger partial charge is 0.383 e. The molecule has 0 radical (unpaired) electrons. The molecule has 1 atom stereocenters. The number of nitrogens with one attached hydrogen (secondary N) is 1. The van der Waals surface area contributed by atoms with E-state index in [4.69, 9.17) is 4.74 Å². The summed E-state index contributed by atoms with van der Waals surface area (Å²) in [6.45, 7) is 2.43. The van der Waals surface area contributed by atoms with Gasteiger partial charge in [0.2, 0.25) is 5.91 Å². The summed E-state index contributed by atoms with van der Waals surface area (Å²) < 4.78 is 5.08. The van der Waals surface area contributed by atoms with E-state index in [1.165, 1.54) is 18.6 Å². The second kappa shape index (κ2) is 6.61. The van der Waals surface area contributed by atoms with Crippen molar-refractivity contribution in [1.82, 2.24) is 10.2 Å². The first-order valence-corrected chi connectivity index (χ1v) is 7.56. The summed E-state index contributed by atoms with van der Waals surface area (Å²) in [6, 6.07) is 0.860. The molecule has 1 saturated carbocycles. The minimum Gasteiger partial charge on any atom is -0.383 e. The molecule has 5 heteroatoms. The highest BCUT2D eigenvalue weighted by molar-refractivity contribution is 7.99. The van der Waals surface area contributed by atoms with Gasteiger partial charge in [-0.25, -0.2) is 0 Å². The molecule has 17 heavy (non-hydrogen) atoms. The van der Waals surface area contributed by atoms with Crippen LogP contribution < -0.4 is 5.32 Å². The Labute approximate surface area is 107 Å². The maximum Gasteiger partial charge on any atom is 0.224 e. The monoisotopic (exact) mass is 258 g/mol. The molecule has 1 aliphatic carbocycles. The van der Waals surface area contributed by atoms with Crippen molar-refractivity contribution in [3.05, 3.63) is 0 Å². The number of nitrogens with zero attached hydrogens (tertiary/aromatic N) is 1. The molecule has 1 amide bonds. The smallest absolute Gasteiger partial charge is 0.224 e. The number of methoxy groups -OCH3 is 1. The molecule has 1 unspecified atom stereocenters. The standard InChI is InChI=1S/C12H22N2O2S/c1-16-6-5-14(11-2-3-11)12(15)8-10-9-17-7-4-13-10/h10-11,13H,2-9H2,1H3. The summed E-state index contributed by atoms with van der Waals surface area (Å²) in [5.74, 6) is 2.53. The van der Waals surface area contributed by atoms with Crippen molar-refractivity contribution < 1.29 is 9.53 Å². The predicted octanol–water partition coefficient (Wildman–Crippen LogP) is 0.719. The van der Waals surface area contributed by atoms with Gasteiger partial charge in [-0.1, -0.05) is 0 Å². The van der Waals surface area contributed by atoms with Crippen LogP contribution in [0.4, 0.5) is 0 Å². The summed E-state index contributed by atoms with van der Waals surface area (Å²) >= 11 is 1.94. The number of ether oxygens (including phenoxy) is 1. The lowest BCUT2D eigenvalue weighted by molar-refractivity contribution is -0.132. The van der Waals surface area contributed by atoms with Crippen LogP contribution in [0.1, 0.15) is 19.3 Å². The molecule has 0 aromatic rings. The molecular weight excluding hydrogens is 236 g/mol. The first-order chi connectivity index (χ1) is 8.31. The summed E-state index contributed by atoms with van der Waals surface area (Å²) in [7, 11) is 1.69. The SMILES string of the molecule is COCCN(C(=O)CC1CSCCN1)C1CC1. The molecule has 4 nitrogen and oxygen atoms in total. The molecule has 2 fully saturated rings. The lowest BCUT2D eigenvalue weighted by Gasteiger charge is -2.27. The van der Waals surface area contributed by atoms with E-state index in [9.17, 15) is 4.79 Å². The number of rotatable bonds is 6. The Morgan fingerprint density at radius 3 is 2.94 bits per heavy atom. The van der Waals surface area contributed by atoms with Gasteiger partial charge in [0.25, 0.3) is 0 Å². The Balaban J connectivity index is 1.78. The van der Waals surface area contributed by atoms with Gasteiger partial charge in [-0.15, -0.1) is 0 Å². The highest BCUT2D eigenvalue weighted by Gasteiger charge is 2.33. The molecule has 2 aliphatic rings. The Hall–Kier alpha value is -0.260. The van der Waals surface area contributed by atoms with Crippen molar-refractivity contribution in [2.75, 3.05) is 38.3 Å². The van der Waals surface area contributed by atoms with Crippen LogP contribution in [0.5, 0.6) is 0 Å². The predicted molar refractivity (Wildman–Crippen MR) is 70.3 cm³/mol. The number of hydrogen-bond donors (Lipinski definition) is 1. The molecule has 0 spiro atoms. The van der Waals surface area contributed by atoms with E-state index in [0.717, 1.165) is 18.8 Å². The van der Waals surface area contributed by atoms with Crippen LogP contribution >= 0.6 is 11.8 Å². The van der Waals surface area contributed by atoms with Crippen LogP contribution in [0.25, 0.3) is 0 Å². The topological polar surface area (TPSA) is 41.6 Å². The highest BCUT2D eigenvalue weighted by atomic mass is 32.2. The fraction of sp³-hybridized carbons (Fsp3) is 0.917. The minimum atomic E-state index is 0.296. The normalized spacial score (nSPS) is 24.6. The van der Waals surface area contributed by atoms with E-state index in [1.807, 2.05) is 16.7 Å². The van der Waals surface area contributed by atoms with E-state index in [-0.39, 0.29) is 0 Å². The van der Waals surface area contributed by atoms with E-state index in [2.05, 4.69) is 5.32 Å². The fourth-order valence-electron chi connectivity index (χ4n) is 2.17. The van der Waals surface area contributed by atoms with Gasteiger partial charge in [0.05, 0.1) is 6.61 Å². The summed E-state index contributed by atoms with van der Waals surface area (Å²) in [6.07, 6.45) is 2.98. The van der Waals surface area contributed by atoms with Crippen molar-refractivity contribution in [2.24, 2.45) is 0 Å². The van der Waals surface area contributed by atoms with Gasteiger partial charge in [0.1, 0.15) is 0 Å². The molecule has 0 aromatic heterocycles. The number of carbonyl (C=O) groups excluding carboxylic acids is 1. The first-order valence-electron chi connectivity index (χ1n) is 6.41. The number of hydrogen-bond acceptors (Lipinski definition) is 4. The van der Waals surface area contributed by atoms with Gasteiger partial charge in [-0.3, -0.25) is 4.79 Å². The molecule has 1 saturated heterocycles. The molecule has 0 aromatic carbocycles. The van der Waals surface area contributed by atoms with E-state index in [1.54, 1.807) is 7.11 Å². The molecule has 98 valence electrons. The summed E-state index contributed by atoms with van der Waals surface area (Å²) in [4.78, 5) is 14.2. The summed E-state index contributed by atoms with van der Waals surface area (Å²) in [5, 5.41) is 3.42. The molecule has 0 bridgehead atoms. The van der Waals surface area contributed by atoms with Crippen molar-refractivity contribution in [3.8, 4) is 0 Å². The van der Waals surface area contributed by atoms with Crippen LogP contribution in [0.2, 0.25) is 0 Å². The van der Waals surface area contributed by atoms with Crippen molar-refractivity contribution >= 4 is 17.7 Å². The Morgan fingerprint density at radius 1 is 1.53 bits per heavy atom. The molecule has 1 N–H and O–H groups in total. The average molecular weight is 258 g/mol. The second-order valence-electron chi connectivity index (χ2n) is 4.74. The molecule has 1 heterocycles. The number of thioether (sulfide) groups is 1. The van der Waals surface area contributed by atoms with E-state index >= 15 is 0 Å². The van der Waals surface area contributed by atoms with E-state index < -0.39 is 0 Å². The Bertz CT molecular complexity index is 253. The first kappa shape index (κ1) is 13.2. The maximum atomic E-state index is 12.2. The van der Waals surface area contributed by atoms with Crippen molar-refractivity contribution in [2.45, 2.75) is 31.3 Å². The third kappa shape index (κ3) is 4.16. The highest BCUT2D eigenvalue weighted by Crippen LogP contribution is 2.27. The maximum absolute atomic E-state index is 12.2. The van der Waals surface area contributed by atoms with Crippen LogP contribution in [-0.4, -0.2) is 61.2 Å². The molecule has 1 aliphatic heterocycles. The van der Waals surface area contributed by atoms with Crippen LogP contribution in [0.3, 0.4) is 0 Å². The molecular formula is C12H22N2O2S. The fourth-order valence-corrected chi connectivity index (χ4v) is 3.11. The molecule has 2 rings (SSSR count).